The van der Waals surface area contributed by atoms with Gasteiger partial charge in [0.2, 0.25) is 5.91 Å². The number of carbonyl (C=O) groups excluding carboxylic acids is 2. The summed E-state index contributed by atoms with van der Waals surface area (Å²) in [5.41, 5.74) is 2.70. The average Bonchev–Trinajstić information content (AvgIpc) is 2.97. The van der Waals surface area contributed by atoms with Crippen molar-refractivity contribution >= 4 is 17.9 Å². The van der Waals surface area contributed by atoms with E-state index in [9.17, 15) is 9.59 Å². The van der Waals surface area contributed by atoms with Crippen LogP contribution < -0.4 is 5.32 Å². The highest BCUT2D eigenvalue weighted by Gasteiger charge is 2.26. The lowest BCUT2D eigenvalue weighted by atomic mass is 10.1. The van der Waals surface area contributed by atoms with Crippen LogP contribution in [0, 0.1) is 0 Å². The van der Waals surface area contributed by atoms with Crippen molar-refractivity contribution in [3.05, 3.63) is 65.5 Å². The molecule has 5 nitrogen and oxygen atoms in total. The molecule has 5 heteroatoms. The Morgan fingerprint density at radius 3 is 2.56 bits per heavy atom. The first-order valence-corrected chi connectivity index (χ1v) is 9.52. The molecule has 2 amide bonds. The molecule has 1 aliphatic rings. The summed E-state index contributed by atoms with van der Waals surface area (Å²) in [4.78, 5) is 26.5. The number of rotatable bonds is 4. The van der Waals surface area contributed by atoms with Crippen LogP contribution in [0.2, 0.25) is 0 Å². The molecule has 0 bridgehead atoms. The van der Waals surface area contributed by atoms with Gasteiger partial charge >= 0.3 is 0 Å². The van der Waals surface area contributed by atoms with Crippen molar-refractivity contribution in [3.63, 3.8) is 0 Å². The molecule has 1 saturated heterocycles. The second kappa shape index (κ2) is 8.71. The van der Waals surface area contributed by atoms with E-state index >= 15 is 0 Å². The van der Waals surface area contributed by atoms with Gasteiger partial charge in [-0.15, -0.1) is 0 Å². The maximum absolute atomic E-state index is 12.9. The minimum atomic E-state index is -0.114. The summed E-state index contributed by atoms with van der Waals surface area (Å²) in [7, 11) is 3.64. The Bertz CT molecular complexity index is 820. The predicted octanol–water partition coefficient (Wildman–Crippen LogP) is 3.54. The second-order valence-corrected chi connectivity index (χ2v) is 6.98. The van der Waals surface area contributed by atoms with Gasteiger partial charge in [-0.3, -0.25) is 9.59 Å². The molecule has 1 N–H and O–H groups in total. The zero-order valence-corrected chi connectivity index (χ0v) is 16.0. The maximum Gasteiger partial charge on any atom is 0.251 e. The van der Waals surface area contributed by atoms with Crippen molar-refractivity contribution in [1.29, 1.82) is 0 Å². The van der Waals surface area contributed by atoms with Gasteiger partial charge in [-0.05, 0) is 48.7 Å². The van der Waals surface area contributed by atoms with Gasteiger partial charge in [0.15, 0.2) is 0 Å². The van der Waals surface area contributed by atoms with Crippen LogP contribution in [0.15, 0.2) is 48.7 Å². The molecule has 0 radical (unpaired) electrons. The summed E-state index contributed by atoms with van der Waals surface area (Å²) in [6, 6.07) is 11.5. The normalized spacial score (nSPS) is 17.7. The molecule has 27 heavy (non-hydrogen) atoms. The minimum Gasteiger partial charge on any atom is -0.355 e. The Hall–Kier alpha value is -2.82. The number of aromatic nitrogens is 1. The lowest BCUT2D eigenvalue weighted by molar-refractivity contribution is -0.128. The Morgan fingerprint density at radius 1 is 1.11 bits per heavy atom. The minimum absolute atomic E-state index is 0.0403. The molecule has 2 heterocycles. The fourth-order valence-corrected chi connectivity index (χ4v) is 3.65. The number of aryl methyl sites for hydroxylation is 1. The van der Waals surface area contributed by atoms with Crippen LogP contribution in [-0.2, 0) is 11.8 Å². The van der Waals surface area contributed by atoms with Crippen LogP contribution in [0.4, 0.5) is 0 Å². The fraction of sp³-hybridized carbons (Fsp3) is 0.364. The number of hydrogen-bond acceptors (Lipinski definition) is 2. The first-order chi connectivity index (χ1) is 13.1. The van der Waals surface area contributed by atoms with Crippen molar-refractivity contribution in [1.82, 2.24) is 14.8 Å². The summed E-state index contributed by atoms with van der Waals surface area (Å²) in [6.45, 7) is 0.786. The Labute approximate surface area is 160 Å². The fourth-order valence-electron chi connectivity index (χ4n) is 3.65. The molecule has 3 rings (SSSR count). The van der Waals surface area contributed by atoms with Gasteiger partial charge in [0.05, 0.1) is 6.04 Å². The highest BCUT2D eigenvalue weighted by Crippen LogP contribution is 2.30. The third-order valence-corrected chi connectivity index (χ3v) is 5.18. The number of benzene rings is 1. The number of amides is 2. The molecule has 142 valence electrons. The first-order valence-electron chi connectivity index (χ1n) is 9.52. The molecule has 1 aromatic carbocycles. The van der Waals surface area contributed by atoms with Gasteiger partial charge in [-0.1, -0.05) is 25.0 Å². The zero-order valence-electron chi connectivity index (χ0n) is 16.0. The smallest absolute Gasteiger partial charge is 0.251 e. The Morgan fingerprint density at radius 2 is 1.89 bits per heavy atom. The molecule has 2 aromatic rings. The first kappa shape index (κ1) is 19.0. The van der Waals surface area contributed by atoms with Gasteiger partial charge in [0, 0.05) is 44.2 Å². The number of carbonyl (C=O) groups is 2. The van der Waals surface area contributed by atoms with E-state index in [-0.39, 0.29) is 17.9 Å². The van der Waals surface area contributed by atoms with E-state index in [1.165, 1.54) is 5.69 Å². The van der Waals surface area contributed by atoms with E-state index in [4.69, 9.17) is 0 Å². The summed E-state index contributed by atoms with van der Waals surface area (Å²) < 4.78 is 2.11. The summed E-state index contributed by atoms with van der Waals surface area (Å²) >= 11 is 0. The lowest BCUT2D eigenvalue weighted by Gasteiger charge is -2.29. The van der Waals surface area contributed by atoms with Gasteiger partial charge in [-0.25, -0.2) is 0 Å². The summed E-state index contributed by atoms with van der Waals surface area (Å²) in [6.07, 6.45) is 9.85. The van der Waals surface area contributed by atoms with Crippen LogP contribution >= 0.6 is 0 Å². The number of hydrogen-bond donors (Lipinski definition) is 1. The third-order valence-electron chi connectivity index (χ3n) is 5.18. The summed E-state index contributed by atoms with van der Waals surface area (Å²) in [5.74, 6) is -0.0740. The van der Waals surface area contributed by atoms with Gasteiger partial charge < -0.3 is 14.8 Å². The average molecular weight is 365 g/mol. The molecule has 0 aliphatic carbocycles. The van der Waals surface area contributed by atoms with E-state index in [0.717, 1.165) is 37.8 Å². The van der Waals surface area contributed by atoms with Gasteiger partial charge in [0.25, 0.3) is 5.91 Å². The number of nitrogens with one attached hydrogen (secondary N) is 1. The largest absolute Gasteiger partial charge is 0.355 e. The molecule has 0 saturated carbocycles. The van der Waals surface area contributed by atoms with Crippen LogP contribution in [0.25, 0.3) is 6.08 Å². The molecular formula is C22H27N3O2. The maximum atomic E-state index is 12.9. The van der Waals surface area contributed by atoms with E-state index in [1.54, 1.807) is 25.3 Å². The van der Waals surface area contributed by atoms with Crippen molar-refractivity contribution in [3.8, 4) is 0 Å². The van der Waals surface area contributed by atoms with Gasteiger partial charge in [0.1, 0.15) is 0 Å². The van der Waals surface area contributed by atoms with Crippen molar-refractivity contribution in [2.75, 3.05) is 13.6 Å². The van der Waals surface area contributed by atoms with Crippen LogP contribution in [0.1, 0.15) is 53.3 Å². The Kier molecular flexibility index (Phi) is 6.12. The van der Waals surface area contributed by atoms with E-state index in [0.29, 0.717) is 5.56 Å². The monoisotopic (exact) mass is 365 g/mol. The van der Waals surface area contributed by atoms with Crippen molar-refractivity contribution in [2.24, 2.45) is 7.05 Å². The number of nitrogens with zero attached hydrogens (tertiary/aromatic N) is 2. The molecule has 1 aromatic heterocycles. The molecule has 1 aliphatic heterocycles. The topological polar surface area (TPSA) is 54.3 Å². The highest BCUT2D eigenvalue weighted by atomic mass is 16.2. The standard InChI is InChI=1S/C22H27N3O2/c1-23-22(27)18-12-9-17(10-13-18)11-14-21(26)25-16-5-3-4-7-20(25)19-8-6-15-24(19)2/h6,8-15,20H,3-5,7,16H2,1-2H3,(H,23,27)/b14-11+. The second-order valence-electron chi connectivity index (χ2n) is 6.98. The van der Waals surface area contributed by atoms with Crippen molar-refractivity contribution < 1.29 is 9.59 Å². The molecule has 1 atom stereocenters. The van der Waals surface area contributed by atoms with Crippen LogP contribution in [-0.4, -0.2) is 34.9 Å². The molecule has 1 fully saturated rings. The summed E-state index contributed by atoms with van der Waals surface area (Å²) in [5, 5.41) is 2.60. The SMILES string of the molecule is CNC(=O)c1ccc(/C=C/C(=O)N2CCCCCC2c2cccn2C)cc1. The highest BCUT2D eigenvalue weighted by molar-refractivity contribution is 5.95. The quantitative estimate of drug-likeness (QED) is 0.843. The lowest BCUT2D eigenvalue weighted by Crippen LogP contribution is -2.34. The van der Waals surface area contributed by atoms with Crippen molar-refractivity contribution in [2.45, 2.75) is 31.7 Å². The Balaban J connectivity index is 1.75. The molecule has 1 unspecified atom stereocenters. The van der Waals surface area contributed by atoms with Gasteiger partial charge in [-0.2, -0.15) is 0 Å². The van der Waals surface area contributed by atoms with Crippen LogP contribution in [0.3, 0.4) is 0 Å². The van der Waals surface area contributed by atoms with Crippen LogP contribution in [0.5, 0.6) is 0 Å². The zero-order chi connectivity index (χ0) is 19.2. The van der Waals surface area contributed by atoms with E-state index in [2.05, 4.69) is 16.0 Å². The molecule has 0 spiro atoms. The third kappa shape index (κ3) is 4.48. The van der Waals surface area contributed by atoms with E-state index in [1.807, 2.05) is 42.4 Å². The molecular weight excluding hydrogens is 338 g/mol. The number of likely N-dealkylation sites (tertiary alicyclic amines) is 1. The van der Waals surface area contributed by atoms with E-state index < -0.39 is 0 Å². The predicted molar refractivity (Wildman–Crippen MR) is 107 cm³/mol.